The van der Waals surface area contributed by atoms with Crippen molar-refractivity contribution in [1.82, 2.24) is 10.4 Å². The van der Waals surface area contributed by atoms with Crippen LogP contribution < -0.4 is 11.2 Å². The summed E-state index contributed by atoms with van der Waals surface area (Å²) in [5, 5.41) is 2.68. The van der Waals surface area contributed by atoms with E-state index in [1.807, 2.05) is 6.07 Å². The van der Waals surface area contributed by atoms with Crippen LogP contribution in [0.15, 0.2) is 18.2 Å². The molecule has 0 aliphatic heterocycles. The van der Waals surface area contributed by atoms with Crippen LogP contribution in [0, 0.1) is 0 Å². The van der Waals surface area contributed by atoms with Gasteiger partial charge in [-0.15, -0.1) is 11.3 Å². The largest absolute Gasteiger partial charge is 0.350 e. The van der Waals surface area contributed by atoms with Crippen molar-refractivity contribution in [1.29, 1.82) is 0 Å². The van der Waals surface area contributed by atoms with Crippen molar-refractivity contribution >= 4 is 56.6 Å². The maximum atomic E-state index is 12.6. The van der Waals surface area contributed by atoms with E-state index < -0.39 is 11.9 Å². The number of thiophene rings is 1. The molecule has 5 nitrogen and oxygen atoms in total. The molecule has 1 saturated carbocycles. The van der Waals surface area contributed by atoms with Gasteiger partial charge in [0.1, 0.15) is 4.88 Å². The van der Waals surface area contributed by atoms with Crippen molar-refractivity contribution in [3.8, 4) is 0 Å². The summed E-state index contributed by atoms with van der Waals surface area (Å²) in [7, 11) is 0. The Bertz CT molecular complexity index is 787. The van der Waals surface area contributed by atoms with E-state index in [-0.39, 0.29) is 6.04 Å². The Morgan fingerprint density at radius 2 is 1.92 bits per heavy atom. The minimum Gasteiger partial charge on any atom is -0.350 e. The summed E-state index contributed by atoms with van der Waals surface area (Å²) < 4.78 is 0.820. The zero-order valence-electron chi connectivity index (χ0n) is 12.9. The Labute approximate surface area is 153 Å². The summed E-state index contributed by atoms with van der Waals surface area (Å²) in [6, 6.07) is 4.64. The third-order valence-electron chi connectivity index (χ3n) is 4.21. The number of rotatable bonds is 2. The molecule has 1 aliphatic rings. The lowest BCUT2D eigenvalue weighted by atomic mass is 9.95. The van der Waals surface area contributed by atoms with Crippen molar-refractivity contribution in [2.75, 3.05) is 0 Å². The molecule has 1 aromatic heterocycles. The topological polar surface area (TPSA) is 75.4 Å². The number of nitrogens with zero attached hydrogens (tertiary/aromatic N) is 1. The van der Waals surface area contributed by atoms with Crippen molar-refractivity contribution in [2.45, 2.75) is 38.1 Å². The van der Waals surface area contributed by atoms with Crippen molar-refractivity contribution in [3.63, 3.8) is 0 Å². The summed E-state index contributed by atoms with van der Waals surface area (Å²) in [5.74, 6) is -0.443. The van der Waals surface area contributed by atoms with Crippen LogP contribution in [0.5, 0.6) is 0 Å². The van der Waals surface area contributed by atoms with E-state index in [9.17, 15) is 9.59 Å². The smallest absolute Gasteiger partial charge is 0.333 e. The number of hydrazine groups is 1. The molecule has 3 amide bonds. The molecule has 3 N–H and O–H groups in total. The first kappa shape index (κ1) is 17.3. The number of benzene rings is 1. The lowest BCUT2D eigenvalue weighted by molar-refractivity contribution is 0.0736. The highest BCUT2D eigenvalue weighted by Gasteiger charge is 2.27. The number of nitrogens with two attached hydrogens (primary N) is 1. The van der Waals surface area contributed by atoms with Gasteiger partial charge in [-0.2, -0.15) is 0 Å². The first-order valence-electron chi connectivity index (χ1n) is 7.75. The monoisotopic (exact) mass is 385 g/mol. The second-order valence-electron chi connectivity index (χ2n) is 5.80. The minimum atomic E-state index is -0.662. The standard InChI is InChI=1S/C16H17Cl2N3O2S/c17-10-7-4-8-11-12(10)13(18)14(24-11)15(22)20-21(16(19)23)9-5-2-1-3-6-9/h4,7-9H,1-3,5-6H2,(H2,19,23)(H,20,22). The van der Waals surface area contributed by atoms with Gasteiger partial charge in [0.15, 0.2) is 0 Å². The molecule has 24 heavy (non-hydrogen) atoms. The van der Waals surface area contributed by atoms with Gasteiger partial charge in [0.05, 0.1) is 16.1 Å². The molecule has 1 heterocycles. The van der Waals surface area contributed by atoms with Crippen LogP contribution in [0.3, 0.4) is 0 Å². The van der Waals surface area contributed by atoms with Gasteiger partial charge >= 0.3 is 6.03 Å². The van der Waals surface area contributed by atoms with Gasteiger partial charge in [-0.3, -0.25) is 10.2 Å². The van der Waals surface area contributed by atoms with E-state index in [0.29, 0.717) is 20.3 Å². The van der Waals surface area contributed by atoms with Gasteiger partial charge in [-0.25, -0.2) is 9.80 Å². The number of carbonyl (C=O) groups excluding carboxylic acids is 2. The van der Waals surface area contributed by atoms with Gasteiger partial charge in [0, 0.05) is 10.1 Å². The fourth-order valence-electron chi connectivity index (χ4n) is 3.04. The zero-order chi connectivity index (χ0) is 17.3. The Balaban J connectivity index is 1.86. The van der Waals surface area contributed by atoms with E-state index in [1.54, 1.807) is 12.1 Å². The van der Waals surface area contributed by atoms with E-state index in [0.717, 1.165) is 36.8 Å². The molecule has 2 aromatic rings. The van der Waals surface area contributed by atoms with Crippen LogP contribution in [0.25, 0.3) is 10.1 Å². The summed E-state index contributed by atoms with van der Waals surface area (Å²) in [6.45, 7) is 0. The Morgan fingerprint density at radius 3 is 2.54 bits per heavy atom. The van der Waals surface area contributed by atoms with Crippen molar-refractivity contribution < 1.29 is 9.59 Å². The SMILES string of the molecule is NC(=O)N(NC(=O)c1sc2cccc(Cl)c2c1Cl)C1CCCCC1. The van der Waals surface area contributed by atoms with Crippen LogP contribution in [0.4, 0.5) is 4.79 Å². The lowest BCUT2D eigenvalue weighted by Crippen LogP contribution is -2.54. The van der Waals surface area contributed by atoms with E-state index in [2.05, 4.69) is 5.43 Å². The average Bonchev–Trinajstić information content (AvgIpc) is 2.91. The molecule has 1 aliphatic carbocycles. The second kappa shape index (κ2) is 7.17. The van der Waals surface area contributed by atoms with Gasteiger partial charge in [0.2, 0.25) is 0 Å². The molecule has 8 heteroatoms. The highest BCUT2D eigenvalue weighted by molar-refractivity contribution is 7.21. The fraction of sp³-hybridized carbons (Fsp3) is 0.375. The molecule has 0 atom stereocenters. The van der Waals surface area contributed by atoms with Gasteiger partial charge < -0.3 is 5.73 Å². The predicted molar refractivity (Wildman–Crippen MR) is 97.6 cm³/mol. The number of hydrogen-bond acceptors (Lipinski definition) is 3. The van der Waals surface area contributed by atoms with E-state index >= 15 is 0 Å². The molecule has 3 rings (SSSR count). The third-order valence-corrected chi connectivity index (χ3v) is 6.17. The lowest BCUT2D eigenvalue weighted by Gasteiger charge is -2.32. The van der Waals surface area contributed by atoms with Crippen molar-refractivity contribution in [3.05, 3.63) is 33.1 Å². The Kier molecular flexibility index (Phi) is 5.18. The maximum Gasteiger partial charge on any atom is 0.333 e. The highest BCUT2D eigenvalue weighted by Crippen LogP contribution is 2.39. The number of nitrogens with one attached hydrogen (secondary N) is 1. The van der Waals surface area contributed by atoms with Gasteiger partial charge in [0.25, 0.3) is 5.91 Å². The first-order chi connectivity index (χ1) is 11.5. The average molecular weight is 386 g/mol. The summed E-state index contributed by atoms with van der Waals surface area (Å²) >= 11 is 13.7. The predicted octanol–water partition coefficient (Wildman–Crippen LogP) is 4.57. The molecule has 128 valence electrons. The zero-order valence-corrected chi connectivity index (χ0v) is 15.2. The summed E-state index contributed by atoms with van der Waals surface area (Å²) in [6.07, 6.45) is 4.83. The second-order valence-corrected chi connectivity index (χ2v) is 7.64. The normalized spacial score (nSPS) is 15.4. The van der Waals surface area contributed by atoms with Crippen LogP contribution in [0.2, 0.25) is 10.0 Å². The molecule has 0 saturated heterocycles. The number of hydrogen-bond donors (Lipinski definition) is 2. The van der Waals surface area contributed by atoms with Crippen LogP contribution >= 0.6 is 34.5 Å². The number of carbonyl (C=O) groups is 2. The van der Waals surface area contributed by atoms with Gasteiger partial charge in [-0.1, -0.05) is 48.5 Å². The number of primary amides is 1. The van der Waals surface area contributed by atoms with Crippen LogP contribution in [0.1, 0.15) is 41.8 Å². The van der Waals surface area contributed by atoms with Crippen LogP contribution in [-0.4, -0.2) is 23.0 Å². The Morgan fingerprint density at radius 1 is 1.21 bits per heavy atom. The quantitative estimate of drug-likeness (QED) is 0.742. The van der Waals surface area contributed by atoms with Crippen LogP contribution in [-0.2, 0) is 0 Å². The number of fused-ring (bicyclic) bond motifs is 1. The maximum absolute atomic E-state index is 12.6. The molecule has 0 unspecified atom stereocenters. The number of amides is 3. The van der Waals surface area contributed by atoms with Crippen molar-refractivity contribution in [2.24, 2.45) is 5.73 Å². The molecule has 0 bridgehead atoms. The number of halogens is 2. The van der Waals surface area contributed by atoms with Gasteiger partial charge in [-0.05, 0) is 25.0 Å². The molecule has 1 aromatic carbocycles. The summed E-state index contributed by atoms with van der Waals surface area (Å²) in [5.41, 5.74) is 8.08. The first-order valence-corrected chi connectivity index (χ1v) is 9.32. The number of urea groups is 1. The fourth-order valence-corrected chi connectivity index (χ4v) is 4.89. The molecule has 1 fully saturated rings. The molecular formula is C16H17Cl2N3O2S. The molecule has 0 radical (unpaired) electrons. The Hall–Kier alpha value is -1.50. The molecular weight excluding hydrogens is 369 g/mol. The summed E-state index contributed by atoms with van der Waals surface area (Å²) in [4.78, 5) is 24.7. The highest BCUT2D eigenvalue weighted by atomic mass is 35.5. The van der Waals surface area contributed by atoms with E-state index in [4.69, 9.17) is 28.9 Å². The van der Waals surface area contributed by atoms with E-state index in [1.165, 1.54) is 16.3 Å². The minimum absolute atomic E-state index is 0.0723. The third kappa shape index (κ3) is 3.31. The molecule has 0 spiro atoms.